The Kier molecular flexibility index (Phi) is 5.37. The highest BCUT2D eigenvalue weighted by Crippen LogP contribution is 2.38. The zero-order chi connectivity index (χ0) is 18.8. The Labute approximate surface area is 170 Å². The van der Waals surface area contributed by atoms with E-state index >= 15 is 0 Å². The van der Waals surface area contributed by atoms with Crippen LogP contribution in [0.15, 0.2) is 39.0 Å². The van der Waals surface area contributed by atoms with Gasteiger partial charge in [0.25, 0.3) is 5.56 Å². The van der Waals surface area contributed by atoms with E-state index in [2.05, 4.69) is 26.2 Å². The standard InChI is InChI=1S/C17H14BrN3O4S2/c18-11-6-13-14(25-3-2-24-13)7-12(11)20-15(22)9-26-8-10-5-16(23)21-1-4-27-17(21)19-10/h1,4-7H,2-3,8-9H2,(H,20,22). The molecule has 2 aromatic heterocycles. The number of aromatic nitrogens is 2. The van der Waals surface area contributed by atoms with Crippen molar-refractivity contribution in [3.8, 4) is 11.5 Å². The van der Waals surface area contributed by atoms with Crippen molar-refractivity contribution < 1.29 is 14.3 Å². The zero-order valence-corrected chi connectivity index (χ0v) is 17.2. The molecule has 1 amide bonds. The Bertz CT molecular complexity index is 1070. The van der Waals surface area contributed by atoms with Gasteiger partial charge in [0.15, 0.2) is 16.5 Å². The Morgan fingerprint density at radius 3 is 2.89 bits per heavy atom. The van der Waals surface area contributed by atoms with Crippen molar-refractivity contribution in [1.82, 2.24) is 9.38 Å². The summed E-state index contributed by atoms with van der Waals surface area (Å²) in [5, 5.41) is 4.68. The molecule has 0 saturated carbocycles. The minimum absolute atomic E-state index is 0.110. The average Bonchev–Trinajstić information content (AvgIpc) is 3.11. The molecule has 0 atom stereocenters. The van der Waals surface area contributed by atoms with Gasteiger partial charge >= 0.3 is 0 Å². The minimum Gasteiger partial charge on any atom is -0.486 e. The average molecular weight is 468 g/mol. The van der Waals surface area contributed by atoms with E-state index in [4.69, 9.17) is 9.47 Å². The first kappa shape index (κ1) is 18.3. The van der Waals surface area contributed by atoms with Gasteiger partial charge in [-0.05, 0) is 15.9 Å². The number of halogens is 1. The highest BCUT2D eigenvalue weighted by Gasteiger charge is 2.16. The number of amides is 1. The molecule has 0 bridgehead atoms. The van der Waals surface area contributed by atoms with Gasteiger partial charge in [-0.2, -0.15) is 0 Å². The van der Waals surface area contributed by atoms with Crippen LogP contribution in [-0.4, -0.2) is 34.3 Å². The SMILES string of the molecule is O=C(CSCc1cc(=O)n2ccsc2n1)Nc1cc2c(cc1Br)OCCO2. The quantitative estimate of drug-likeness (QED) is 0.620. The molecule has 1 aliphatic rings. The maximum absolute atomic E-state index is 12.3. The number of hydrogen-bond donors (Lipinski definition) is 1. The predicted molar refractivity (Wildman–Crippen MR) is 109 cm³/mol. The maximum atomic E-state index is 12.3. The lowest BCUT2D eigenvalue weighted by Gasteiger charge is -2.20. The number of fused-ring (bicyclic) bond motifs is 2. The van der Waals surface area contributed by atoms with E-state index in [0.717, 1.165) is 4.47 Å². The Morgan fingerprint density at radius 2 is 2.07 bits per heavy atom. The molecular weight excluding hydrogens is 454 g/mol. The largest absolute Gasteiger partial charge is 0.486 e. The number of thioether (sulfide) groups is 1. The lowest BCUT2D eigenvalue weighted by atomic mass is 10.2. The number of carbonyl (C=O) groups is 1. The third kappa shape index (κ3) is 4.12. The summed E-state index contributed by atoms with van der Waals surface area (Å²) in [6.07, 6.45) is 1.70. The molecule has 27 heavy (non-hydrogen) atoms. The van der Waals surface area contributed by atoms with Crippen molar-refractivity contribution in [2.45, 2.75) is 5.75 Å². The van der Waals surface area contributed by atoms with Crippen LogP contribution in [0.1, 0.15) is 5.69 Å². The third-order valence-corrected chi connectivity index (χ3v) is 6.12. The molecule has 1 N–H and O–H groups in total. The summed E-state index contributed by atoms with van der Waals surface area (Å²) in [5.41, 5.74) is 1.18. The Hall–Kier alpha value is -2.04. The molecule has 3 aromatic rings. The number of carbonyl (C=O) groups excluding carboxylic acids is 1. The second kappa shape index (κ2) is 7.91. The number of nitrogens with one attached hydrogen (secondary N) is 1. The van der Waals surface area contributed by atoms with E-state index in [1.165, 1.54) is 33.6 Å². The van der Waals surface area contributed by atoms with Gasteiger partial charge in [-0.3, -0.25) is 14.0 Å². The van der Waals surface area contributed by atoms with Crippen LogP contribution in [0.4, 0.5) is 5.69 Å². The van der Waals surface area contributed by atoms with Gasteiger partial charge in [0.2, 0.25) is 5.91 Å². The molecule has 3 heterocycles. The van der Waals surface area contributed by atoms with Crippen LogP contribution >= 0.6 is 39.0 Å². The molecular formula is C17H14BrN3O4S2. The highest BCUT2D eigenvalue weighted by molar-refractivity contribution is 9.10. The van der Waals surface area contributed by atoms with E-state index < -0.39 is 0 Å². The molecule has 1 aliphatic heterocycles. The molecule has 0 unspecified atom stereocenters. The van der Waals surface area contributed by atoms with Crippen molar-refractivity contribution in [3.63, 3.8) is 0 Å². The third-order valence-electron chi connectivity index (χ3n) is 3.75. The molecule has 4 rings (SSSR count). The first-order valence-corrected chi connectivity index (χ1v) is 10.9. The second-order valence-corrected chi connectivity index (χ2v) is 8.37. The molecule has 0 saturated heterocycles. The zero-order valence-electron chi connectivity index (χ0n) is 13.9. The molecule has 0 fully saturated rings. The highest BCUT2D eigenvalue weighted by atomic mass is 79.9. The van der Waals surface area contributed by atoms with Crippen LogP contribution < -0.4 is 20.3 Å². The van der Waals surface area contributed by atoms with Gasteiger partial charge in [0.1, 0.15) is 13.2 Å². The van der Waals surface area contributed by atoms with Crippen LogP contribution in [0, 0.1) is 0 Å². The van der Waals surface area contributed by atoms with Crippen molar-refractivity contribution >= 4 is 55.6 Å². The van der Waals surface area contributed by atoms with E-state index in [-0.39, 0.29) is 17.2 Å². The fourth-order valence-electron chi connectivity index (χ4n) is 2.56. The van der Waals surface area contributed by atoms with Crippen molar-refractivity contribution in [3.05, 3.63) is 50.3 Å². The number of ether oxygens (including phenoxy) is 2. The maximum Gasteiger partial charge on any atom is 0.258 e. The molecule has 1 aromatic carbocycles. The molecule has 0 aliphatic carbocycles. The number of rotatable bonds is 5. The summed E-state index contributed by atoms with van der Waals surface area (Å²) in [5.74, 6) is 1.85. The predicted octanol–water partition coefficient (Wildman–Crippen LogP) is 3.16. The summed E-state index contributed by atoms with van der Waals surface area (Å²) in [7, 11) is 0. The van der Waals surface area contributed by atoms with E-state index in [1.807, 2.05) is 5.38 Å². The number of benzene rings is 1. The number of hydrogen-bond acceptors (Lipinski definition) is 7. The van der Waals surface area contributed by atoms with Crippen LogP contribution in [-0.2, 0) is 10.5 Å². The first-order valence-electron chi connectivity index (χ1n) is 8.03. The van der Waals surface area contributed by atoms with E-state index in [0.29, 0.717) is 46.8 Å². The monoisotopic (exact) mass is 467 g/mol. The van der Waals surface area contributed by atoms with Crippen molar-refractivity contribution in [1.29, 1.82) is 0 Å². The Balaban J connectivity index is 1.36. The molecule has 0 spiro atoms. The fourth-order valence-corrected chi connectivity index (χ4v) is 4.43. The second-order valence-electron chi connectivity index (χ2n) is 5.66. The molecule has 140 valence electrons. The van der Waals surface area contributed by atoms with Crippen LogP contribution in [0.5, 0.6) is 11.5 Å². The summed E-state index contributed by atoms with van der Waals surface area (Å²) < 4.78 is 13.3. The summed E-state index contributed by atoms with van der Waals surface area (Å²) in [4.78, 5) is 29.3. The van der Waals surface area contributed by atoms with Gasteiger partial charge in [0, 0.05) is 40.0 Å². The van der Waals surface area contributed by atoms with Gasteiger partial charge in [-0.25, -0.2) is 4.98 Å². The van der Waals surface area contributed by atoms with Gasteiger partial charge in [-0.15, -0.1) is 23.1 Å². The lowest BCUT2D eigenvalue weighted by Crippen LogP contribution is -2.18. The summed E-state index contributed by atoms with van der Waals surface area (Å²) >= 11 is 6.24. The van der Waals surface area contributed by atoms with Gasteiger partial charge in [0.05, 0.1) is 17.1 Å². The fraction of sp³-hybridized carbons (Fsp3) is 0.235. The summed E-state index contributed by atoms with van der Waals surface area (Å²) in [6.45, 7) is 0.996. The normalized spacial score (nSPS) is 12.9. The molecule has 0 radical (unpaired) electrons. The Morgan fingerprint density at radius 1 is 1.30 bits per heavy atom. The van der Waals surface area contributed by atoms with Crippen molar-refractivity contribution in [2.24, 2.45) is 0 Å². The topological polar surface area (TPSA) is 81.9 Å². The minimum atomic E-state index is -0.147. The lowest BCUT2D eigenvalue weighted by molar-refractivity contribution is -0.113. The van der Waals surface area contributed by atoms with Gasteiger partial charge in [-0.1, -0.05) is 0 Å². The first-order chi connectivity index (χ1) is 13.1. The number of nitrogens with zero attached hydrogens (tertiary/aromatic N) is 2. The smallest absolute Gasteiger partial charge is 0.258 e. The van der Waals surface area contributed by atoms with Gasteiger partial charge < -0.3 is 14.8 Å². The van der Waals surface area contributed by atoms with E-state index in [9.17, 15) is 9.59 Å². The number of thiazole rings is 1. The summed E-state index contributed by atoms with van der Waals surface area (Å²) in [6, 6.07) is 5.03. The molecule has 10 heteroatoms. The number of anilines is 1. The van der Waals surface area contributed by atoms with Crippen molar-refractivity contribution in [2.75, 3.05) is 24.3 Å². The van der Waals surface area contributed by atoms with Crippen LogP contribution in [0.25, 0.3) is 4.96 Å². The molecule has 7 nitrogen and oxygen atoms in total. The van der Waals surface area contributed by atoms with Crippen LogP contribution in [0.3, 0.4) is 0 Å². The van der Waals surface area contributed by atoms with Crippen LogP contribution in [0.2, 0.25) is 0 Å². The van der Waals surface area contributed by atoms with E-state index in [1.54, 1.807) is 18.3 Å².